The molecule has 0 fully saturated rings. The highest BCUT2D eigenvalue weighted by Gasteiger charge is 2.17. The molecule has 1 N–H and O–H groups in total. The monoisotopic (exact) mass is 299 g/mol. The van der Waals surface area contributed by atoms with E-state index in [0.717, 1.165) is 17.0 Å². The number of hydrogen-bond donors (Lipinski definition) is 1. The van der Waals surface area contributed by atoms with Crippen LogP contribution in [-0.4, -0.2) is 16.5 Å². The van der Waals surface area contributed by atoms with Crippen LogP contribution >= 0.6 is 15.9 Å². The molecule has 0 unspecified atom stereocenters. The number of hydrogen-bond acceptors (Lipinski definition) is 3. The van der Waals surface area contributed by atoms with Crippen LogP contribution in [0.1, 0.15) is 46.5 Å². The zero-order valence-electron chi connectivity index (χ0n) is 11.0. The summed E-state index contributed by atoms with van der Waals surface area (Å²) in [5.41, 5.74) is 0.312. The lowest BCUT2D eigenvalue weighted by Gasteiger charge is -2.25. The average molecular weight is 300 g/mol. The Morgan fingerprint density at radius 3 is 2.71 bits per heavy atom. The van der Waals surface area contributed by atoms with Crippen molar-refractivity contribution < 1.29 is 0 Å². The predicted octanol–water partition coefficient (Wildman–Crippen LogP) is 4.26. The van der Waals surface area contributed by atoms with Crippen molar-refractivity contribution in [1.82, 2.24) is 9.97 Å². The van der Waals surface area contributed by atoms with Crippen LogP contribution in [0.2, 0.25) is 0 Å². The molecule has 0 aliphatic heterocycles. The van der Waals surface area contributed by atoms with Crippen LogP contribution in [0, 0.1) is 5.41 Å². The summed E-state index contributed by atoms with van der Waals surface area (Å²) in [7, 11) is 0. The van der Waals surface area contributed by atoms with Crippen LogP contribution < -0.4 is 5.32 Å². The molecular formula is C13H22BrN3. The summed E-state index contributed by atoms with van der Waals surface area (Å²) in [6, 6.07) is 1.90. The highest BCUT2D eigenvalue weighted by Crippen LogP contribution is 2.24. The number of anilines is 1. The molecule has 0 atom stereocenters. The summed E-state index contributed by atoms with van der Waals surface area (Å²) >= 11 is 3.34. The number of nitrogens with zero attached hydrogens (tertiary/aromatic N) is 2. The lowest BCUT2D eigenvalue weighted by atomic mass is 9.87. The van der Waals surface area contributed by atoms with Crippen LogP contribution in [-0.2, 0) is 0 Å². The predicted molar refractivity (Wildman–Crippen MR) is 76.1 cm³/mol. The van der Waals surface area contributed by atoms with Gasteiger partial charge in [0.05, 0.1) is 0 Å². The van der Waals surface area contributed by atoms with E-state index in [1.165, 1.54) is 25.7 Å². The first-order valence-corrected chi connectivity index (χ1v) is 7.04. The molecule has 1 rings (SSSR count). The maximum Gasteiger partial charge on any atom is 0.130 e. The first kappa shape index (κ1) is 14.4. The number of rotatable bonds is 7. The van der Waals surface area contributed by atoms with Gasteiger partial charge in [0, 0.05) is 12.6 Å². The molecule has 96 valence electrons. The fraction of sp³-hybridized carbons (Fsp3) is 0.692. The number of halogens is 1. The van der Waals surface area contributed by atoms with Crippen LogP contribution in [0.25, 0.3) is 0 Å². The van der Waals surface area contributed by atoms with Gasteiger partial charge in [0.2, 0.25) is 0 Å². The lowest BCUT2D eigenvalue weighted by molar-refractivity contribution is 0.342. The average Bonchev–Trinajstić information content (AvgIpc) is 2.27. The van der Waals surface area contributed by atoms with Crippen molar-refractivity contribution in [1.29, 1.82) is 0 Å². The van der Waals surface area contributed by atoms with E-state index in [4.69, 9.17) is 0 Å². The minimum absolute atomic E-state index is 0.312. The largest absolute Gasteiger partial charge is 0.369 e. The van der Waals surface area contributed by atoms with Crippen molar-refractivity contribution in [3.8, 4) is 0 Å². The zero-order valence-corrected chi connectivity index (χ0v) is 12.5. The second kappa shape index (κ2) is 6.94. The summed E-state index contributed by atoms with van der Waals surface area (Å²) in [5.74, 6) is 0.885. The van der Waals surface area contributed by atoms with Crippen molar-refractivity contribution in [3.63, 3.8) is 0 Å². The van der Waals surface area contributed by atoms with Crippen molar-refractivity contribution in [2.24, 2.45) is 5.41 Å². The highest BCUT2D eigenvalue weighted by molar-refractivity contribution is 9.10. The Kier molecular flexibility index (Phi) is 5.89. The zero-order chi connectivity index (χ0) is 12.7. The van der Waals surface area contributed by atoms with E-state index < -0.39 is 0 Å². The van der Waals surface area contributed by atoms with Gasteiger partial charge in [0.1, 0.15) is 16.7 Å². The number of nitrogens with one attached hydrogen (secondary N) is 1. The smallest absolute Gasteiger partial charge is 0.130 e. The molecule has 4 heteroatoms. The third kappa shape index (κ3) is 6.01. The van der Waals surface area contributed by atoms with Crippen LogP contribution in [0.4, 0.5) is 5.82 Å². The Labute approximate surface area is 113 Å². The van der Waals surface area contributed by atoms with Crippen molar-refractivity contribution in [2.45, 2.75) is 46.5 Å². The van der Waals surface area contributed by atoms with Gasteiger partial charge in [0.15, 0.2) is 0 Å². The highest BCUT2D eigenvalue weighted by atomic mass is 79.9. The third-order valence-electron chi connectivity index (χ3n) is 2.84. The second-order valence-electron chi connectivity index (χ2n) is 5.20. The van der Waals surface area contributed by atoms with E-state index in [2.05, 4.69) is 52.0 Å². The van der Waals surface area contributed by atoms with E-state index in [9.17, 15) is 0 Å². The van der Waals surface area contributed by atoms with Gasteiger partial charge in [-0.1, -0.05) is 40.0 Å². The number of aromatic nitrogens is 2. The first-order chi connectivity index (χ1) is 8.03. The lowest BCUT2D eigenvalue weighted by Crippen LogP contribution is -2.23. The van der Waals surface area contributed by atoms with Crippen molar-refractivity contribution >= 4 is 21.7 Å². The van der Waals surface area contributed by atoms with Gasteiger partial charge < -0.3 is 5.32 Å². The van der Waals surface area contributed by atoms with E-state index >= 15 is 0 Å². The molecule has 0 saturated carbocycles. The van der Waals surface area contributed by atoms with Gasteiger partial charge >= 0.3 is 0 Å². The SMILES string of the molecule is CCCCCC(C)(C)CNc1cc(Br)ncn1. The van der Waals surface area contributed by atoms with E-state index in [-0.39, 0.29) is 0 Å². The van der Waals surface area contributed by atoms with Gasteiger partial charge in [-0.2, -0.15) is 0 Å². The number of unbranched alkanes of at least 4 members (excludes halogenated alkanes) is 2. The maximum atomic E-state index is 4.19. The molecule has 0 saturated heterocycles. The molecule has 3 nitrogen and oxygen atoms in total. The summed E-state index contributed by atoms with van der Waals surface area (Å²) in [4.78, 5) is 8.20. The third-order valence-corrected chi connectivity index (χ3v) is 3.27. The quantitative estimate of drug-likeness (QED) is 0.604. The summed E-state index contributed by atoms with van der Waals surface area (Å²) in [6.07, 6.45) is 6.72. The fourth-order valence-electron chi connectivity index (χ4n) is 1.70. The Morgan fingerprint density at radius 1 is 1.29 bits per heavy atom. The standard InChI is InChI=1S/C13H22BrN3/c1-4-5-6-7-13(2,3)9-15-12-8-11(14)16-10-17-12/h8,10H,4-7,9H2,1-3H3,(H,15,16,17). The van der Waals surface area contributed by atoms with Gasteiger partial charge in [-0.05, 0) is 27.8 Å². The molecule has 0 spiro atoms. The van der Waals surface area contributed by atoms with E-state index in [1.54, 1.807) is 6.33 Å². The fourth-order valence-corrected chi connectivity index (χ4v) is 2.01. The van der Waals surface area contributed by atoms with Crippen LogP contribution in [0.15, 0.2) is 17.0 Å². The maximum absolute atomic E-state index is 4.19. The summed E-state index contributed by atoms with van der Waals surface area (Å²) in [6.45, 7) is 7.78. The normalized spacial score (nSPS) is 11.5. The van der Waals surface area contributed by atoms with E-state index in [1.807, 2.05) is 6.07 Å². The molecule has 0 radical (unpaired) electrons. The summed E-state index contributed by atoms with van der Waals surface area (Å²) in [5, 5.41) is 3.37. The Bertz CT molecular complexity index is 339. The summed E-state index contributed by atoms with van der Waals surface area (Å²) < 4.78 is 0.818. The molecule has 1 aromatic heterocycles. The molecule has 0 aromatic carbocycles. The molecule has 17 heavy (non-hydrogen) atoms. The Morgan fingerprint density at radius 2 is 2.06 bits per heavy atom. The molecule has 0 aliphatic carbocycles. The molecule has 1 heterocycles. The topological polar surface area (TPSA) is 37.8 Å². The van der Waals surface area contributed by atoms with Gasteiger partial charge in [-0.25, -0.2) is 9.97 Å². The molecule has 0 aliphatic rings. The molecule has 0 bridgehead atoms. The molecule has 0 amide bonds. The minimum Gasteiger partial charge on any atom is -0.369 e. The second-order valence-corrected chi connectivity index (χ2v) is 6.01. The Balaban J connectivity index is 2.38. The van der Waals surface area contributed by atoms with Crippen LogP contribution in [0.3, 0.4) is 0 Å². The Hall–Kier alpha value is -0.640. The molecular weight excluding hydrogens is 278 g/mol. The van der Waals surface area contributed by atoms with Gasteiger partial charge in [-0.3, -0.25) is 0 Å². The minimum atomic E-state index is 0.312. The first-order valence-electron chi connectivity index (χ1n) is 6.25. The van der Waals surface area contributed by atoms with Gasteiger partial charge in [-0.15, -0.1) is 0 Å². The van der Waals surface area contributed by atoms with Gasteiger partial charge in [0.25, 0.3) is 0 Å². The van der Waals surface area contributed by atoms with Crippen molar-refractivity contribution in [3.05, 3.63) is 17.0 Å². The van der Waals surface area contributed by atoms with Crippen molar-refractivity contribution in [2.75, 3.05) is 11.9 Å². The molecule has 1 aromatic rings. The van der Waals surface area contributed by atoms with E-state index in [0.29, 0.717) is 5.41 Å². The van der Waals surface area contributed by atoms with Crippen LogP contribution in [0.5, 0.6) is 0 Å².